The van der Waals surface area contributed by atoms with Crippen molar-refractivity contribution in [2.45, 2.75) is 39.2 Å². The van der Waals surface area contributed by atoms with E-state index < -0.39 is 11.8 Å². The summed E-state index contributed by atoms with van der Waals surface area (Å²) >= 11 is 0. The number of nitrogens with one attached hydrogen (secondary N) is 2. The van der Waals surface area contributed by atoms with Crippen LogP contribution in [0.1, 0.15) is 31.7 Å². The van der Waals surface area contributed by atoms with Crippen molar-refractivity contribution in [1.29, 1.82) is 0 Å². The first-order chi connectivity index (χ1) is 11.5. The molecule has 2 N–H and O–H groups in total. The van der Waals surface area contributed by atoms with Crippen LogP contribution >= 0.6 is 0 Å². The largest absolute Gasteiger partial charge is 0.495 e. The van der Waals surface area contributed by atoms with Gasteiger partial charge in [-0.3, -0.25) is 14.5 Å². The van der Waals surface area contributed by atoms with Crippen LogP contribution in [0, 0.1) is 6.92 Å². The van der Waals surface area contributed by atoms with E-state index in [0.29, 0.717) is 24.0 Å². The second-order valence-electron chi connectivity index (χ2n) is 6.29. The van der Waals surface area contributed by atoms with E-state index in [4.69, 9.17) is 4.74 Å². The van der Waals surface area contributed by atoms with E-state index in [1.54, 1.807) is 12.1 Å². The molecule has 1 atom stereocenters. The molecule has 0 aromatic heterocycles. The molecule has 1 heterocycles. The minimum atomic E-state index is -0.675. The zero-order valence-corrected chi connectivity index (χ0v) is 14.7. The molecule has 1 saturated heterocycles. The van der Waals surface area contributed by atoms with E-state index in [0.717, 1.165) is 18.7 Å². The van der Waals surface area contributed by atoms with Gasteiger partial charge in [0, 0.05) is 19.1 Å². The Hall–Kier alpha value is -2.08. The average Bonchev–Trinajstić information content (AvgIpc) is 2.56. The fraction of sp³-hybridized carbons (Fsp3) is 0.556. The summed E-state index contributed by atoms with van der Waals surface area (Å²) in [7, 11) is 1.53. The van der Waals surface area contributed by atoms with Gasteiger partial charge in [0.25, 0.3) is 0 Å². The van der Waals surface area contributed by atoms with Gasteiger partial charge in [-0.1, -0.05) is 12.5 Å². The first kappa shape index (κ1) is 18.3. The second kappa shape index (κ2) is 8.68. The number of carbonyl (C=O) groups is 2. The zero-order chi connectivity index (χ0) is 17.5. The van der Waals surface area contributed by atoms with Crippen molar-refractivity contribution < 1.29 is 14.3 Å². The van der Waals surface area contributed by atoms with Crippen molar-refractivity contribution in [3.63, 3.8) is 0 Å². The summed E-state index contributed by atoms with van der Waals surface area (Å²) in [6, 6.07) is 5.97. The van der Waals surface area contributed by atoms with Gasteiger partial charge in [0.15, 0.2) is 0 Å². The predicted octanol–water partition coefficient (Wildman–Crippen LogP) is 1.93. The molecule has 2 rings (SSSR count). The minimum absolute atomic E-state index is 0.474. The Balaban J connectivity index is 1.82. The summed E-state index contributed by atoms with van der Waals surface area (Å²) in [6.07, 6.45) is 3.66. The zero-order valence-electron chi connectivity index (χ0n) is 14.7. The maximum absolute atomic E-state index is 12.0. The molecule has 6 heteroatoms. The number of ether oxygens (including phenoxy) is 1. The monoisotopic (exact) mass is 333 g/mol. The molecular weight excluding hydrogens is 306 g/mol. The van der Waals surface area contributed by atoms with Crippen LogP contribution in [0.4, 0.5) is 5.69 Å². The molecule has 24 heavy (non-hydrogen) atoms. The fourth-order valence-electron chi connectivity index (χ4n) is 2.98. The molecule has 0 bridgehead atoms. The summed E-state index contributed by atoms with van der Waals surface area (Å²) in [6.45, 7) is 6.42. The maximum atomic E-state index is 12.0. The van der Waals surface area contributed by atoms with Crippen LogP contribution in [0.5, 0.6) is 5.75 Å². The van der Waals surface area contributed by atoms with Crippen molar-refractivity contribution in [3.8, 4) is 5.75 Å². The molecule has 6 nitrogen and oxygen atoms in total. The molecule has 0 saturated carbocycles. The van der Waals surface area contributed by atoms with E-state index in [-0.39, 0.29) is 0 Å². The van der Waals surface area contributed by atoms with Crippen LogP contribution in [0.25, 0.3) is 0 Å². The molecular formula is C18H27N3O3. The Labute approximate surface area is 143 Å². The number of methoxy groups -OCH3 is 1. The lowest BCUT2D eigenvalue weighted by atomic mass is 10.0. The number of hydrogen-bond acceptors (Lipinski definition) is 4. The number of likely N-dealkylation sites (tertiary alicyclic amines) is 1. The highest BCUT2D eigenvalue weighted by molar-refractivity contribution is 6.39. The topological polar surface area (TPSA) is 70.7 Å². The van der Waals surface area contributed by atoms with Crippen molar-refractivity contribution in [2.75, 3.05) is 32.1 Å². The molecule has 132 valence electrons. The van der Waals surface area contributed by atoms with Crippen LogP contribution in [-0.2, 0) is 9.59 Å². The van der Waals surface area contributed by atoms with E-state index in [1.807, 2.05) is 13.0 Å². The molecule has 0 aliphatic carbocycles. The lowest BCUT2D eigenvalue weighted by Gasteiger charge is -2.33. The van der Waals surface area contributed by atoms with Crippen LogP contribution in [0.3, 0.4) is 0 Å². The summed E-state index contributed by atoms with van der Waals surface area (Å²) in [4.78, 5) is 26.4. The lowest BCUT2D eigenvalue weighted by Crippen LogP contribution is -2.44. The van der Waals surface area contributed by atoms with Gasteiger partial charge in [-0.25, -0.2) is 0 Å². The van der Waals surface area contributed by atoms with Gasteiger partial charge < -0.3 is 15.4 Å². The Kier molecular flexibility index (Phi) is 6.61. The third-order valence-corrected chi connectivity index (χ3v) is 4.43. The Morgan fingerprint density at radius 1 is 1.29 bits per heavy atom. The number of carbonyl (C=O) groups excluding carboxylic acids is 2. The third kappa shape index (κ3) is 4.96. The number of hydrogen-bond donors (Lipinski definition) is 2. The highest BCUT2D eigenvalue weighted by atomic mass is 16.5. The van der Waals surface area contributed by atoms with E-state index in [2.05, 4.69) is 22.5 Å². The van der Waals surface area contributed by atoms with Crippen molar-refractivity contribution in [3.05, 3.63) is 23.8 Å². The third-order valence-electron chi connectivity index (χ3n) is 4.43. The smallest absolute Gasteiger partial charge is 0.313 e. The number of amides is 2. The molecule has 1 aliphatic heterocycles. The van der Waals surface area contributed by atoms with Crippen molar-refractivity contribution >= 4 is 17.5 Å². The highest BCUT2D eigenvalue weighted by Crippen LogP contribution is 2.25. The van der Waals surface area contributed by atoms with E-state index in [9.17, 15) is 9.59 Å². The normalized spacial score (nSPS) is 18.0. The summed E-state index contributed by atoms with van der Waals surface area (Å²) in [5.41, 5.74) is 1.48. The van der Waals surface area contributed by atoms with Gasteiger partial charge in [-0.05, 0) is 50.9 Å². The second-order valence-corrected chi connectivity index (χ2v) is 6.29. The van der Waals surface area contributed by atoms with Gasteiger partial charge >= 0.3 is 11.8 Å². The number of benzene rings is 1. The maximum Gasteiger partial charge on any atom is 0.313 e. The number of piperidine rings is 1. The van der Waals surface area contributed by atoms with Gasteiger partial charge in [-0.15, -0.1) is 0 Å². The summed E-state index contributed by atoms with van der Waals surface area (Å²) < 4.78 is 5.20. The fourth-order valence-corrected chi connectivity index (χ4v) is 2.98. The van der Waals surface area contributed by atoms with Crippen molar-refractivity contribution in [2.24, 2.45) is 0 Å². The van der Waals surface area contributed by atoms with Crippen LogP contribution in [-0.4, -0.2) is 49.5 Å². The Morgan fingerprint density at radius 3 is 2.79 bits per heavy atom. The van der Waals surface area contributed by atoms with Crippen LogP contribution in [0.15, 0.2) is 18.2 Å². The molecule has 1 aliphatic rings. The van der Waals surface area contributed by atoms with E-state index >= 15 is 0 Å². The first-order valence-electron chi connectivity index (χ1n) is 8.49. The molecule has 1 unspecified atom stereocenters. The van der Waals surface area contributed by atoms with Gasteiger partial charge in [0.1, 0.15) is 5.75 Å². The minimum Gasteiger partial charge on any atom is -0.495 e. The quantitative estimate of drug-likeness (QED) is 0.808. The van der Waals surface area contributed by atoms with Crippen LogP contribution < -0.4 is 15.4 Å². The van der Waals surface area contributed by atoms with E-state index in [1.165, 1.54) is 26.4 Å². The molecule has 1 aromatic carbocycles. The average molecular weight is 333 g/mol. The molecule has 2 amide bonds. The summed E-state index contributed by atoms with van der Waals surface area (Å²) in [5, 5.41) is 5.30. The predicted molar refractivity (Wildman–Crippen MR) is 94.3 cm³/mol. The Morgan fingerprint density at radius 2 is 2.08 bits per heavy atom. The first-order valence-corrected chi connectivity index (χ1v) is 8.49. The standard InChI is InChI=1S/C18H27N3O3/c1-13-7-8-16(24-3)15(12-13)20-18(23)17(22)19-9-11-21-10-5-4-6-14(21)2/h7-8,12,14H,4-6,9-11H2,1-3H3,(H,19,22)(H,20,23). The van der Waals surface area contributed by atoms with Gasteiger partial charge in [0.2, 0.25) is 0 Å². The number of nitrogens with zero attached hydrogens (tertiary/aromatic N) is 1. The summed E-state index contributed by atoms with van der Waals surface area (Å²) in [5.74, 6) is -0.766. The van der Waals surface area contributed by atoms with Crippen molar-refractivity contribution in [1.82, 2.24) is 10.2 Å². The molecule has 0 spiro atoms. The van der Waals surface area contributed by atoms with Gasteiger partial charge in [0.05, 0.1) is 12.8 Å². The van der Waals surface area contributed by atoms with Gasteiger partial charge in [-0.2, -0.15) is 0 Å². The molecule has 1 aromatic rings. The highest BCUT2D eigenvalue weighted by Gasteiger charge is 2.19. The number of rotatable bonds is 5. The Bertz CT molecular complexity index is 589. The lowest BCUT2D eigenvalue weighted by molar-refractivity contribution is -0.136. The molecule has 0 radical (unpaired) electrons. The number of anilines is 1. The SMILES string of the molecule is COc1ccc(C)cc1NC(=O)C(=O)NCCN1CCCCC1C. The van der Waals surface area contributed by atoms with Crippen LogP contribution in [0.2, 0.25) is 0 Å². The number of aryl methyl sites for hydroxylation is 1. The molecule has 1 fully saturated rings.